The number of fused-ring (bicyclic) bond motifs is 1. The fourth-order valence-electron chi connectivity index (χ4n) is 3.61. The minimum absolute atomic E-state index is 0.000813. The van der Waals surface area contributed by atoms with Crippen molar-refractivity contribution in [1.29, 1.82) is 0 Å². The number of carbonyl (C=O) groups excluding carboxylic acids is 2. The Kier molecular flexibility index (Phi) is 5.51. The summed E-state index contributed by atoms with van der Waals surface area (Å²) in [6.45, 7) is 1.07. The number of hydrogen-bond acceptors (Lipinski definition) is 6. The third-order valence-corrected chi connectivity index (χ3v) is 5.08. The maximum absolute atomic E-state index is 12.5. The Morgan fingerprint density at radius 1 is 1.17 bits per heavy atom. The zero-order valence-electron chi connectivity index (χ0n) is 16.8. The Balaban J connectivity index is 1.34. The Labute approximate surface area is 173 Å². The quantitative estimate of drug-likeness (QED) is 0.756. The van der Waals surface area contributed by atoms with Crippen LogP contribution in [0.1, 0.15) is 6.42 Å². The molecule has 2 aromatic carbocycles. The molecule has 9 heteroatoms. The van der Waals surface area contributed by atoms with Crippen LogP contribution in [0.5, 0.6) is 23.0 Å². The molecule has 2 heterocycles. The number of benzene rings is 2. The maximum Gasteiger partial charge on any atom is 0.319 e. The minimum atomic E-state index is -0.379. The third-order valence-electron chi connectivity index (χ3n) is 5.08. The van der Waals surface area contributed by atoms with Gasteiger partial charge in [0.1, 0.15) is 0 Å². The highest BCUT2D eigenvalue weighted by Crippen LogP contribution is 2.37. The summed E-state index contributed by atoms with van der Waals surface area (Å²) in [5.74, 6) is 2.29. The zero-order chi connectivity index (χ0) is 21.1. The van der Waals surface area contributed by atoms with E-state index in [1.165, 1.54) is 14.2 Å². The van der Waals surface area contributed by atoms with Crippen molar-refractivity contribution < 1.29 is 28.5 Å². The first-order valence-corrected chi connectivity index (χ1v) is 9.55. The van der Waals surface area contributed by atoms with E-state index in [0.717, 1.165) is 5.69 Å². The largest absolute Gasteiger partial charge is 0.493 e. The monoisotopic (exact) mass is 413 g/mol. The third kappa shape index (κ3) is 3.91. The fourth-order valence-corrected chi connectivity index (χ4v) is 3.61. The van der Waals surface area contributed by atoms with E-state index in [1.807, 2.05) is 6.07 Å². The van der Waals surface area contributed by atoms with Crippen LogP contribution in [-0.4, -0.2) is 46.0 Å². The van der Waals surface area contributed by atoms with Crippen molar-refractivity contribution in [1.82, 2.24) is 5.32 Å². The second-order valence-electron chi connectivity index (χ2n) is 6.99. The Morgan fingerprint density at radius 3 is 2.80 bits per heavy atom. The van der Waals surface area contributed by atoms with E-state index in [2.05, 4.69) is 10.6 Å². The molecule has 30 heavy (non-hydrogen) atoms. The molecular weight excluding hydrogens is 390 g/mol. The number of nitrogens with zero attached hydrogens (tertiary/aromatic N) is 1. The lowest BCUT2D eigenvalue weighted by atomic mass is 10.1. The Bertz CT molecular complexity index is 964. The topological polar surface area (TPSA) is 98.4 Å². The number of para-hydroxylation sites is 1. The zero-order valence-corrected chi connectivity index (χ0v) is 16.8. The van der Waals surface area contributed by atoms with Crippen LogP contribution in [0.25, 0.3) is 0 Å². The first-order valence-electron chi connectivity index (χ1n) is 9.55. The summed E-state index contributed by atoms with van der Waals surface area (Å²) in [6.07, 6.45) is 0.358. The summed E-state index contributed by atoms with van der Waals surface area (Å²) in [4.78, 5) is 26.5. The van der Waals surface area contributed by atoms with E-state index in [9.17, 15) is 9.59 Å². The van der Waals surface area contributed by atoms with Crippen molar-refractivity contribution >= 4 is 23.3 Å². The molecule has 2 aliphatic heterocycles. The molecule has 0 aliphatic carbocycles. The normalized spacial score (nSPS) is 17.1. The first-order chi connectivity index (χ1) is 14.6. The van der Waals surface area contributed by atoms with E-state index in [1.54, 1.807) is 35.2 Å². The lowest BCUT2D eigenvalue weighted by Crippen LogP contribution is -2.34. The first kappa shape index (κ1) is 19.7. The van der Waals surface area contributed by atoms with Gasteiger partial charge in [-0.25, -0.2) is 4.79 Å². The average molecular weight is 413 g/mol. The van der Waals surface area contributed by atoms with Crippen molar-refractivity contribution in [2.75, 3.05) is 44.3 Å². The second-order valence-corrected chi connectivity index (χ2v) is 6.99. The molecule has 0 radical (unpaired) electrons. The van der Waals surface area contributed by atoms with Crippen LogP contribution < -0.4 is 34.5 Å². The van der Waals surface area contributed by atoms with Gasteiger partial charge in [-0.1, -0.05) is 6.07 Å². The van der Waals surface area contributed by atoms with Gasteiger partial charge in [0, 0.05) is 37.2 Å². The molecule has 2 N–H and O–H groups in total. The van der Waals surface area contributed by atoms with Crippen LogP contribution in [-0.2, 0) is 4.79 Å². The minimum Gasteiger partial charge on any atom is -0.493 e. The number of nitrogens with one attached hydrogen (secondary N) is 2. The summed E-state index contributed by atoms with van der Waals surface area (Å²) in [5.41, 5.74) is 1.26. The molecule has 0 saturated carbocycles. The second kappa shape index (κ2) is 8.40. The van der Waals surface area contributed by atoms with Crippen LogP contribution >= 0.6 is 0 Å². The highest BCUT2D eigenvalue weighted by Gasteiger charge is 2.31. The summed E-state index contributed by atoms with van der Waals surface area (Å²) >= 11 is 0. The highest BCUT2D eigenvalue weighted by atomic mass is 16.7. The van der Waals surface area contributed by atoms with E-state index >= 15 is 0 Å². The van der Waals surface area contributed by atoms with Gasteiger partial charge < -0.3 is 34.5 Å². The smallest absolute Gasteiger partial charge is 0.319 e. The highest BCUT2D eigenvalue weighted by molar-refractivity contribution is 5.96. The molecule has 4 rings (SSSR count). The Morgan fingerprint density at radius 2 is 2.00 bits per heavy atom. The lowest BCUT2D eigenvalue weighted by Gasteiger charge is -2.18. The number of hydrogen-bond donors (Lipinski definition) is 2. The van der Waals surface area contributed by atoms with Gasteiger partial charge in [0.15, 0.2) is 23.0 Å². The summed E-state index contributed by atoms with van der Waals surface area (Å²) in [6, 6.07) is 10.3. The van der Waals surface area contributed by atoms with E-state index in [0.29, 0.717) is 48.2 Å². The van der Waals surface area contributed by atoms with Gasteiger partial charge in [0.05, 0.1) is 19.9 Å². The molecule has 1 fully saturated rings. The molecular formula is C21H23N3O6. The molecule has 1 saturated heterocycles. The summed E-state index contributed by atoms with van der Waals surface area (Å²) in [7, 11) is 3.04. The van der Waals surface area contributed by atoms with Gasteiger partial charge in [-0.2, -0.15) is 0 Å². The molecule has 9 nitrogen and oxygen atoms in total. The molecule has 0 spiro atoms. The molecule has 3 amide bonds. The lowest BCUT2D eigenvalue weighted by molar-refractivity contribution is -0.117. The molecule has 1 atom stereocenters. The molecule has 0 bridgehead atoms. The number of urea groups is 1. The van der Waals surface area contributed by atoms with Crippen molar-refractivity contribution in [2.45, 2.75) is 6.42 Å². The number of anilines is 2. The fraction of sp³-hybridized carbons (Fsp3) is 0.333. The SMILES string of the molecule is COc1cccc(NC(=O)NCC2CC(=O)N(c3ccc4c(c3)OCO4)C2)c1OC. The molecule has 2 aromatic rings. The number of carbonyl (C=O) groups is 2. The van der Waals surface area contributed by atoms with Crippen LogP contribution in [0, 0.1) is 5.92 Å². The van der Waals surface area contributed by atoms with E-state index in [4.69, 9.17) is 18.9 Å². The summed E-state index contributed by atoms with van der Waals surface area (Å²) in [5, 5.41) is 5.58. The van der Waals surface area contributed by atoms with Gasteiger partial charge in [-0.05, 0) is 24.3 Å². The van der Waals surface area contributed by atoms with Crippen molar-refractivity contribution in [3.8, 4) is 23.0 Å². The predicted octanol–water partition coefficient (Wildman–Crippen LogP) is 2.61. The van der Waals surface area contributed by atoms with Gasteiger partial charge in [-0.3, -0.25) is 4.79 Å². The number of amides is 3. The number of ether oxygens (including phenoxy) is 4. The molecule has 2 aliphatic rings. The maximum atomic E-state index is 12.5. The van der Waals surface area contributed by atoms with Crippen LogP contribution in [0.15, 0.2) is 36.4 Å². The number of methoxy groups -OCH3 is 2. The molecule has 0 aromatic heterocycles. The van der Waals surface area contributed by atoms with Crippen LogP contribution in [0.3, 0.4) is 0 Å². The van der Waals surface area contributed by atoms with Gasteiger partial charge in [-0.15, -0.1) is 0 Å². The van der Waals surface area contributed by atoms with E-state index in [-0.39, 0.29) is 24.6 Å². The van der Waals surface area contributed by atoms with Crippen molar-refractivity contribution in [2.24, 2.45) is 5.92 Å². The van der Waals surface area contributed by atoms with Gasteiger partial charge in [0.25, 0.3) is 0 Å². The van der Waals surface area contributed by atoms with Gasteiger partial charge in [0.2, 0.25) is 12.7 Å². The van der Waals surface area contributed by atoms with Crippen LogP contribution in [0.2, 0.25) is 0 Å². The van der Waals surface area contributed by atoms with Gasteiger partial charge >= 0.3 is 6.03 Å². The van der Waals surface area contributed by atoms with Crippen molar-refractivity contribution in [3.63, 3.8) is 0 Å². The number of rotatable bonds is 6. The van der Waals surface area contributed by atoms with Crippen LogP contribution in [0.4, 0.5) is 16.2 Å². The Hall–Kier alpha value is -3.62. The molecule has 158 valence electrons. The summed E-state index contributed by atoms with van der Waals surface area (Å²) < 4.78 is 21.3. The van der Waals surface area contributed by atoms with E-state index < -0.39 is 0 Å². The predicted molar refractivity (Wildman–Crippen MR) is 110 cm³/mol. The molecule has 1 unspecified atom stereocenters. The van der Waals surface area contributed by atoms with Crippen molar-refractivity contribution in [3.05, 3.63) is 36.4 Å². The standard InChI is InChI=1S/C21H23N3O6/c1-27-17-5-3-4-15(20(17)28-2)23-21(26)22-10-13-8-19(25)24(11-13)14-6-7-16-18(9-14)30-12-29-16/h3-7,9,13H,8,10-12H2,1-2H3,(H2,22,23,26). The average Bonchev–Trinajstić information content (AvgIpc) is 3.37.